The summed E-state index contributed by atoms with van der Waals surface area (Å²) in [5.41, 5.74) is 15.0. The van der Waals surface area contributed by atoms with Gasteiger partial charge < -0.3 is 10.3 Å². The van der Waals surface area contributed by atoms with Gasteiger partial charge in [0.05, 0.1) is 11.0 Å². The summed E-state index contributed by atoms with van der Waals surface area (Å²) in [6.07, 6.45) is 7.35. The number of fused-ring (bicyclic) bond motifs is 3. The lowest BCUT2D eigenvalue weighted by atomic mass is 9.97. The van der Waals surface area contributed by atoms with Crippen molar-refractivity contribution in [3.05, 3.63) is 64.5 Å². The molecule has 0 amide bonds. The predicted molar refractivity (Wildman–Crippen MR) is 161 cm³/mol. The van der Waals surface area contributed by atoms with Gasteiger partial charge in [0.2, 0.25) is 0 Å². The Morgan fingerprint density at radius 3 is 2.42 bits per heavy atom. The van der Waals surface area contributed by atoms with E-state index in [0.717, 1.165) is 66.0 Å². The van der Waals surface area contributed by atoms with Gasteiger partial charge >= 0.3 is 0 Å². The quantitative estimate of drug-likeness (QED) is 0.238. The van der Waals surface area contributed by atoms with Gasteiger partial charge in [-0.25, -0.2) is 9.97 Å². The molecule has 0 unspecified atom stereocenters. The Bertz CT molecular complexity index is 1410. The first-order valence-corrected chi connectivity index (χ1v) is 14.5. The maximum absolute atomic E-state index is 6.44. The van der Waals surface area contributed by atoms with Crippen molar-refractivity contribution in [2.24, 2.45) is 5.92 Å². The molecule has 2 N–H and O–H groups in total. The third-order valence-electron chi connectivity index (χ3n) is 8.34. The summed E-state index contributed by atoms with van der Waals surface area (Å²) >= 11 is 0. The summed E-state index contributed by atoms with van der Waals surface area (Å²) in [5, 5.41) is 1.12. The minimum atomic E-state index is 0.161. The van der Waals surface area contributed by atoms with E-state index in [1.54, 1.807) is 0 Å². The van der Waals surface area contributed by atoms with E-state index in [1.807, 2.05) is 12.1 Å². The maximum Gasteiger partial charge on any atom is 0.152 e. The van der Waals surface area contributed by atoms with Gasteiger partial charge in [-0.3, -0.25) is 4.90 Å². The summed E-state index contributed by atoms with van der Waals surface area (Å²) in [6, 6.07) is 13.1. The van der Waals surface area contributed by atoms with E-state index in [1.165, 1.54) is 48.1 Å². The molecule has 1 saturated carbocycles. The van der Waals surface area contributed by atoms with Crippen LogP contribution in [0.4, 0.5) is 5.82 Å². The average Bonchev–Trinajstić information content (AvgIpc) is 3.61. The van der Waals surface area contributed by atoms with Gasteiger partial charge in [0.1, 0.15) is 11.3 Å². The van der Waals surface area contributed by atoms with E-state index in [4.69, 9.17) is 10.7 Å². The van der Waals surface area contributed by atoms with E-state index in [-0.39, 0.29) is 5.54 Å². The molecule has 5 nitrogen and oxygen atoms in total. The van der Waals surface area contributed by atoms with Crippen molar-refractivity contribution in [3.63, 3.8) is 0 Å². The van der Waals surface area contributed by atoms with Crippen molar-refractivity contribution < 1.29 is 0 Å². The van der Waals surface area contributed by atoms with Crippen LogP contribution in [0.3, 0.4) is 0 Å². The monoisotopic (exact) mass is 511 g/mol. The molecule has 0 radical (unpaired) electrons. The lowest BCUT2D eigenvalue weighted by molar-refractivity contribution is 0.123. The number of hydrogen-bond donors (Lipinski definition) is 1. The van der Waals surface area contributed by atoms with Crippen LogP contribution in [0.1, 0.15) is 87.9 Å². The number of hydrogen-bond acceptors (Lipinski definition) is 4. The predicted octanol–water partition coefficient (Wildman–Crippen LogP) is 7.58. The highest BCUT2D eigenvalue weighted by molar-refractivity contribution is 6.06. The molecule has 0 bridgehead atoms. The van der Waals surface area contributed by atoms with Crippen LogP contribution in [-0.4, -0.2) is 31.5 Å². The molecule has 0 spiro atoms. The van der Waals surface area contributed by atoms with Gasteiger partial charge in [-0.2, -0.15) is 0 Å². The Hall–Kier alpha value is -2.92. The number of pyridine rings is 1. The first-order chi connectivity index (χ1) is 18.2. The van der Waals surface area contributed by atoms with Crippen molar-refractivity contribution in [1.82, 2.24) is 19.4 Å². The maximum atomic E-state index is 6.44. The number of nitrogens with zero attached hydrogens (tertiary/aromatic N) is 4. The second-order valence-electron chi connectivity index (χ2n) is 12.5. The van der Waals surface area contributed by atoms with Crippen LogP contribution in [0.2, 0.25) is 0 Å². The number of unbranched alkanes of at least 4 members (excludes halogenated alkanes) is 1. The number of aromatic nitrogens is 3. The number of nitrogen functional groups attached to an aromatic ring is 1. The Balaban J connectivity index is 1.52. The van der Waals surface area contributed by atoms with E-state index >= 15 is 0 Å². The summed E-state index contributed by atoms with van der Waals surface area (Å²) in [6.45, 7) is 16.8. The Kier molecular flexibility index (Phi) is 7.50. The summed E-state index contributed by atoms with van der Waals surface area (Å²) < 4.78 is 2.41. The molecule has 2 aromatic heterocycles. The highest BCUT2D eigenvalue weighted by atomic mass is 15.2. The molecule has 5 heteroatoms. The molecule has 1 aliphatic carbocycles. The molecule has 0 atom stereocenters. The van der Waals surface area contributed by atoms with E-state index in [0.29, 0.717) is 5.82 Å². The van der Waals surface area contributed by atoms with Crippen LogP contribution in [0.5, 0.6) is 0 Å². The molecule has 4 aromatic rings. The molecule has 202 valence electrons. The fourth-order valence-corrected chi connectivity index (χ4v) is 5.80. The molecule has 1 fully saturated rings. The van der Waals surface area contributed by atoms with Crippen molar-refractivity contribution >= 4 is 27.8 Å². The topological polar surface area (TPSA) is 60.0 Å². The summed E-state index contributed by atoms with van der Waals surface area (Å²) in [5.74, 6) is 2.58. The normalized spacial score (nSPS) is 14.3. The fraction of sp³-hybridized carbons (Fsp3) is 0.515. The van der Waals surface area contributed by atoms with Gasteiger partial charge in [-0.1, -0.05) is 56.5 Å². The Morgan fingerprint density at radius 2 is 1.76 bits per heavy atom. The minimum absolute atomic E-state index is 0.161. The van der Waals surface area contributed by atoms with Crippen LogP contribution in [0.25, 0.3) is 21.9 Å². The molecule has 2 aromatic carbocycles. The van der Waals surface area contributed by atoms with Crippen molar-refractivity contribution in [3.8, 4) is 0 Å². The zero-order chi connectivity index (χ0) is 27.0. The molecule has 5 rings (SSSR count). The van der Waals surface area contributed by atoms with Crippen molar-refractivity contribution in [1.29, 1.82) is 0 Å². The lowest BCUT2D eigenvalue weighted by Gasteiger charge is -2.36. The number of imidazole rings is 1. The van der Waals surface area contributed by atoms with Crippen LogP contribution >= 0.6 is 0 Å². The van der Waals surface area contributed by atoms with Crippen LogP contribution in [0, 0.1) is 19.8 Å². The highest BCUT2D eigenvalue weighted by Crippen LogP contribution is 2.34. The standard InChI is InChI=1S/C33H45N5/c1-7-8-13-29-36-30-31(26-11-9-10-12-28(26)35-32(30)34)38(29)21-27-22(2)18-25(19-23(27)3)20-37(33(4,5)6)17-16-24-14-15-24/h9-12,18-19,24H,7-8,13-17,20-21H2,1-6H3,(H2,34,35). The average molecular weight is 512 g/mol. The van der Waals surface area contributed by atoms with Gasteiger partial charge in [-0.15, -0.1) is 0 Å². The zero-order valence-corrected chi connectivity index (χ0v) is 24.3. The molecule has 2 heterocycles. The largest absolute Gasteiger partial charge is 0.382 e. The molecule has 1 aliphatic rings. The molecular weight excluding hydrogens is 466 g/mol. The third kappa shape index (κ3) is 5.58. The van der Waals surface area contributed by atoms with Crippen LogP contribution in [-0.2, 0) is 19.5 Å². The van der Waals surface area contributed by atoms with E-state index in [2.05, 4.69) is 80.3 Å². The number of anilines is 1. The summed E-state index contributed by atoms with van der Waals surface area (Å²) in [4.78, 5) is 12.4. The molecule has 0 aliphatic heterocycles. The van der Waals surface area contributed by atoms with Crippen molar-refractivity contribution in [2.75, 3.05) is 12.3 Å². The Labute approximate surface area is 228 Å². The smallest absolute Gasteiger partial charge is 0.152 e. The van der Waals surface area contributed by atoms with E-state index < -0.39 is 0 Å². The van der Waals surface area contributed by atoms with Crippen LogP contribution < -0.4 is 5.73 Å². The van der Waals surface area contributed by atoms with Gasteiger partial charge in [0.25, 0.3) is 0 Å². The van der Waals surface area contributed by atoms with Crippen LogP contribution in [0.15, 0.2) is 36.4 Å². The number of para-hydroxylation sites is 1. The number of nitrogens with two attached hydrogens (primary N) is 1. The second kappa shape index (κ2) is 10.7. The lowest BCUT2D eigenvalue weighted by Crippen LogP contribution is -2.41. The highest BCUT2D eigenvalue weighted by Gasteiger charge is 2.27. The van der Waals surface area contributed by atoms with Crippen molar-refractivity contribution in [2.45, 2.75) is 98.7 Å². The number of benzene rings is 2. The summed E-state index contributed by atoms with van der Waals surface area (Å²) in [7, 11) is 0. The van der Waals surface area contributed by atoms with Gasteiger partial charge in [0, 0.05) is 30.4 Å². The zero-order valence-electron chi connectivity index (χ0n) is 24.3. The molecular formula is C33H45N5. The SMILES string of the molecule is CCCCc1nc2c(N)nc3ccccc3c2n1Cc1c(C)cc(CN(CCC2CC2)C(C)(C)C)cc1C. The Morgan fingerprint density at radius 1 is 1.05 bits per heavy atom. The van der Waals surface area contributed by atoms with Gasteiger partial charge in [-0.05, 0) is 88.2 Å². The van der Waals surface area contributed by atoms with Gasteiger partial charge in [0.15, 0.2) is 5.82 Å². The first kappa shape index (κ1) is 26.7. The third-order valence-corrected chi connectivity index (χ3v) is 8.34. The molecule has 38 heavy (non-hydrogen) atoms. The number of rotatable bonds is 10. The minimum Gasteiger partial charge on any atom is -0.382 e. The second-order valence-corrected chi connectivity index (χ2v) is 12.5. The first-order valence-electron chi connectivity index (χ1n) is 14.5. The van der Waals surface area contributed by atoms with E-state index in [9.17, 15) is 0 Å². The fourth-order valence-electron chi connectivity index (χ4n) is 5.80. The molecule has 0 saturated heterocycles. The number of aryl methyl sites for hydroxylation is 3.